The Balaban J connectivity index is 1.61. The molecule has 8 heteroatoms. The Morgan fingerprint density at radius 1 is 1.04 bits per heavy atom. The summed E-state index contributed by atoms with van der Waals surface area (Å²) in [5.74, 6) is 0. The topological polar surface area (TPSA) is 64.0 Å². The Morgan fingerprint density at radius 2 is 1.80 bits per heavy atom. The molecule has 0 amide bonds. The van der Waals surface area contributed by atoms with Crippen LogP contribution in [0.3, 0.4) is 0 Å². The molecule has 3 aromatic rings. The van der Waals surface area contributed by atoms with E-state index in [0.29, 0.717) is 11.4 Å². The van der Waals surface area contributed by atoms with E-state index >= 15 is 0 Å². The first-order valence-corrected chi connectivity index (χ1v) is 9.73. The highest BCUT2D eigenvalue weighted by molar-refractivity contribution is 7.89. The molecular formula is C17H15Cl2N3O2S. The van der Waals surface area contributed by atoms with Crippen molar-refractivity contribution in [3.8, 4) is 5.69 Å². The molecular weight excluding hydrogens is 381 g/mol. The van der Waals surface area contributed by atoms with Crippen LogP contribution in [-0.2, 0) is 16.4 Å². The normalized spacial score (nSPS) is 11.6. The summed E-state index contributed by atoms with van der Waals surface area (Å²) in [6, 6.07) is 13.9. The summed E-state index contributed by atoms with van der Waals surface area (Å²) in [4.78, 5) is 0.0935. The standard InChI is InChI=1S/C17H15Cl2N3O2S/c18-16-7-6-15(12-17(16)19)25(23,24)21-10-8-13-2-4-14(5-3-13)22-11-1-9-20-22/h1-7,9,11-12,21H,8,10H2. The Labute approximate surface area is 156 Å². The largest absolute Gasteiger partial charge is 0.241 e. The molecule has 1 N–H and O–H groups in total. The van der Waals surface area contributed by atoms with Crippen molar-refractivity contribution in [3.05, 3.63) is 76.5 Å². The van der Waals surface area contributed by atoms with Gasteiger partial charge in [-0.2, -0.15) is 5.10 Å². The van der Waals surface area contributed by atoms with Crippen LogP contribution in [0, 0.1) is 0 Å². The Hall–Kier alpha value is -1.86. The van der Waals surface area contributed by atoms with Gasteiger partial charge in [-0.25, -0.2) is 17.8 Å². The van der Waals surface area contributed by atoms with Gasteiger partial charge in [0.25, 0.3) is 0 Å². The zero-order chi connectivity index (χ0) is 17.9. The molecule has 25 heavy (non-hydrogen) atoms. The average Bonchev–Trinajstić information content (AvgIpc) is 3.12. The minimum atomic E-state index is -3.62. The fourth-order valence-corrected chi connectivity index (χ4v) is 3.71. The summed E-state index contributed by atoms with van der Waals surface area (Å²) >= 11 is 11.7. The molecule has 3 rings (SSSR count). The Kier molecular flexibility index (Phi) is 5.44. The second-order valence-electron chi connectivity index (χ2n) is 5.34. The van der Waals surface area contributed by atoms with E-state index in [9.17, 15) is 8.42 Å². The molecule has 2 aromatic carbocycles. The first-order chi connectivity index (χ1) is 12.0. The van der Waals surface area contributed by atoms with Crippen LogP contribution in [0.15, 0.2) is 65.8 Å². The van der Waals surface area contributed by atoms with Gasteiger partial charge >= 0.3 is 0 Å². The molecule has 0 unspecified atom stereocenters. The molecule has 0 saturated carbocycles. The third kappa shape index (κ3) is 4.41. The smallest absolute Gasteiger partial charge is 0.240 e. The highest BCUT2D eigenvalue weighted by Gasteiger charge is 2.14. The van der Waals surface area contributed by atoms with Crippen LogP contribution < -0.4 is 4.72 Å². The van der Waals surface area contributed by atoms with Crippen LogP contribution in [0.25, 0.3) is 5.69 Å². The molecule has 1 heterocycles. The molecule has 0 saturated heterocycles. The van der Waals surface area contributed by atoms with E-state index in [1.54, 1.807) is 10.9 Å². The SMILES string of the molecule is O=S(=O)(NCCc1ccc(-n2cccn2)cc1)c1ccc(Cl)c(Cl)c1. The number of aromatic nitrogens is 2. The minimum absolute atomic E-state index is 0.0935. The quantitative estimate of drug-likeness (QED) is 0.691. The van der Waals surface area contributed by atoms with Gasteiger partial charge in [-0.05, 0) is 48.4 Å². The molecule has 0 atom stereocenters. The first kappa shape index (κ1) is 17.9. The average molecular weight is 396 g/mol. The van der Waals surface area contributed by atoms with Crippen molar-refractivity contribution in [3.63, 3.8) is 0 Å². The van der Waals surface area contributed by atoms with E-state index in [2.05, 4.69) is 9.82 Å². The lowest BCUT2D eigenvalue weighted by Crippen LogP contribution is -2.26. The lowest BCUT2D eigenvalue weighted by Gasteiger charge is -2.08. The zero-order valence-electron chi connectivity index (χ0n) is 13.1. The molecule has 0 aliphatic rings. The van der Waals surface area contributed by atoms with E-state index in [1.165, 1.54) is 18.2 Å². The molecule has 1 aromatic heterocycles. The van der Waals surface area contributed by atoms with Gasteiger partial charge in [0, 0.05) is 18.9 Å². The molecule has 0 spiro atoms. The van der Waals surface area contributed by atoms with Crippen molar-refractivity contribution >= 4 is 33.2 Å². The second kappa shape index (κ2) is 7.58. The first-order valence-electron chi connectivity index (χ1n) is 7.49. The fraction of sp³-hybridized carbons (Fsp3) is 0.118. The van der Waals surface area contributed by atoms with Crippen molar-refractivity contribution in [1.82, 2.24) is 14.5 Å². The van der Waals surface area contributed by atoms with E-state index in [4.69, 9.17) is 23.2 Å². The van der Waals surface area contributed by atoms with Crippen LogP contribution >= 0.6 is 23.2 Å². The third-order valence-electron chi connectivity index (χ3n) is 3.61. The third-order valence-corrected chi connectivity index (χ3v) is 5.81. The summed E-state index contributed by atoms with van der Waals surface area (Å²) in [5, 5.41) is 4.69. The van der Waals surface area contributed by atoms with Crippen molar-refractivity contribution in [1.29, 1.82) is 0 Å². The molecule has 130 valence electrons. The highest BCUT2D eigenvalue weighted by Crippen LogP contribution is 2.24. The molecule has 0 aliphatic heterocycles. The number of nitrogens with zero attached hydrogens (tertiary/aromatic N) is 2. The number of hydrogen-bond donors (Lipinski definition) is 1. The fourth-order valence-electron chi connectivity index (χ4n) is 2.29. The molecule has 5 nitrogen and oxygen atoms in total. The number of sulfonamides is 1. The van der Waals surface area contributed by atoms with Gasteiger partial charge in [0.15, 0.2) is 0 Å². The predicted octanol–water partition coefficient (Wildman–Crippen LogP) is 3.70. The van der Waals surface area contributed by atoms with Crippen LogP contribution in [0.2, 0.25) is 10.0 Å². The van der Waals surface area contributed by atoms with Crippen molar-refractivity contribution in [2.24, 2.45) is 0 Å². The second-order valence-corrected chi connectivity index (χ2v) is 7.92. The highest BCUT2D eigenvalue weighted by atomic mass is 35.5. The summed E-state index contributed by atoms with van der Waals surface area (Å²) in [6.07, 6.45) is 4.14. The van der Waals surface area contributed by atoms with Gasteiger partial charge in [-0.1, -0.05) is 35.3 Å². The molecule has 0 bridgehead atoms. The summed E-state index contributed by atoms with van der Waals surface area (Å²) in [6.45, 7) is 0.281. The van der Waals surface area contributed by atoms with Crippen molar-refractivity contribution < 1.29 is 8.42 Å². The maximum absolute atomic E-state index is 12.3. The van der Waals surface area contributed by atoms with Gasteiger partial charge < -0.3 is 0 Å². The van der Waals surface area contributed by atoms with E-state index in [0.717, 1.165) is 11.3 Å². The van der Waals surface area contributed by atoms with Crippen molar-refractivity contribution in [2.45, 2.75) is 11.3 Å². The molecule has 0 radical (unpaired) electrons. The summed E-state index contributed by atoms with van der Waals surface area (Å²) in [5.41, 5.74) is 1.97. The van der Waals surface area contributed by atoms with Gasteiger partial charge in [0.1, 0.15) is 0 Å². The summed E-state index contributed by atoms with van der Waals surface area (Å²) < 4.78 is 28.9. The van der Waals surface area contributed by atoms with E-state index in [1.807, 2.05) is 36.5 Å². The lowest BCUT2D eigenvalue weighted by molar-refractivity contribution is 0.581. The molecule has 0 aliphatic carbocycles. The Morgan fingerprint density at radius 3 is 2.44 bits per heavy atom. The van der Waals surface area contributed by atoms with Gasteiger partial charge in [-0.3, -0.25) is 0 Å². The molecule has 0 fully saturated rings. The van der Waals surface area contributed by atoms with Crippen LogP contribution in [-0.4, -0.2) is 24.7 Å². The lowest BCUT2D eigenvalue weighted by atomic mass is 10.1. The monoisotopic (exact) mass is 395 g/mol. The minimum Gasteiger partial charge on any atom is -0.241 e. The van der Waals surface area contributed by atoms with Crippen LogP contribution in [0.5, 0.6) is 0 Å². The van der Waals surface area contributed by atoms with Crippen LogP contribution in [0.1, 0.15) is 5.56 Å². The number of halogens is 2. The number of benzene rings is 2. The van der Waals surface area contributed by atoms with Gasteiger partial charge in [0.2, 0.25) is 10.0 Å². The number of hydrogen-bond acceptors (Lipinski definition) is 3. The van der Waals surface area contributed by atoms with E-state index in [-0.39, 0.29) is 16.5 Å². The predicted molar refractivity (Wildman–Crippen MR) is 98.9 cm³/mol. The number of rotatable bonds is 6. The number of nitrogens with one attached hydrogen (secondary N) is 1. The maximum atomic E-state index is 12.3. The van der Waals surface area contributed by atoms with Gasteiger partial charge in [0.05, 0.1) is 20.6 Å². The maximum Gasteiger partial charge on any atom is 0.240 e. The van der Waals surface area contributed by atoms with Gasteiger partial charge in [-0.15, -0.1) is 0 Å². The van der Waals surface area contributed by atoms with Crippen LogP contribution in [0.4, 0.5) is 0 Å². The Bertz CT molecular complexity index is 956. The van der Waals surface area contributed by atoms with Crippen molar-refractivity contribution in [2.75, 3.05) is 6.54 Å². The van der Waals surface area contributed by atoms with E-state index < -0.39 is 10.0 Å². The summed E-state index contributed by atoms with van der Waals surface area (Å²) in [7, 11) is -3.62. The zero-order valence-corrected chi connectivity index (χ0v) is 15.4.